The second-order valence-electron chi connectivity index (χ2n) is 4.13. The Kier molecular flexibility index (Phi) is 3.99. The first-order valence-corrected chi connectivity index (χ1v) is 5.21. The van der Waals surface area contributed by atoms with Crippen LogP contribution in [0.25, 0.3) is 0 Å². The van der Waals surface area contributed by atoms with Gasteiger partial charge >= 0.3 is 0 Å². The van der Waals surface area contributed by atoms with Gasteiger partial charge in [0, 0.05) is 12.0 Å². The summed E-state index contributed by atoms with van der Waals surface area (Å²) < 4.78 is 26.5. The second-order valence-corrected chi connectivity index (χ2v) is 4.13. The fourth-order valence-corrected chi connectivity index (χ4v) is 1.38. The quantitative estimate of drug-likeness (QED) is 0.830. The molecule has 0 aliphatic carbocycles. The van der Waals surface area contributed by atoms with E-state index < -0.39 is 23.3 Å². The monoisotopic (exact) mass is 230 g/mol. The molecule has 1 aromatic rings. The Morgan fingerprint density at radius 3 is 2.25 bits per heavy atom. The van der Waals surface area contributed by atoms with Gasteiger partial charge in [-0.15, -0.1) is 0 Å². The molecule has 2 atom stereocenters. The zero-order chi connectivity index (χ0) is 12.3. The van der Waals surface area contributed by atoms with Gasteiger partial charge in [-0.05, 0) is 25.5 Å². The Labute approximate surface area is 93.5 Å². The van der Waals surface area contributed by atoms with Gasteiger partial charge < -0.3 is 10.2 Å². The molecule has 0 aliphatic rings. The van der Waals surface area contributed by atoms with E-state index in [-0.39, 0.29) is 12.0 Å². The minimum absolute atomic E-state index is 0.191. The van der Waals surface area contributed by atoms with E-state index in [1.807, 2.05) is 0 Å². The van der Waals surface area contributed by atoms with Gasteiger partial charge in [-0.1, -0.05) is 13.0 Å². The fourth-order valence-electron chi connectivity index (χ4n) is 1.38. The minimum atomic E-state index is -1.34. The summed E-state index contributed by atoms with van der Waals surface area (Å²) >= 11 is 0. The molecule has 0 saturated carbocycles. The maximum atomic E-state index is 13.3. The van der Waals surface area contributed by atoms with Crippen LogP contribution in [0.3, 0.4) is 0 Å². The van der Waals surface area contributed by atoms with Crippen LogP contribution in [0.1, 0.15) is 25.8 Å². The van der Waals surface area contributed by atoms with Crippen molar-refractivity contribution in [2.45, 2.75) is 38.4 Å². The van der Waals surface area contributed by atoms with Crippen molar-refractivity contribution in [1.29, 1.82) is 0 Å². The maximum Gasteiger partial charge on any atom is 0.129 e. The summed E-state index contributed by atoms with van der Waals surface area (Å²) in [6.07, 6.45) is -1.12. The van der Waals surface area contributed by atoms with E-state index in [0.717, 1.165) is 12.1 Å². The summed E-state index contributed by atoms with van der Waals surface area (Å²) in [7, 11) is 0. The van der Waals surface area contributed by atoms with E-state index in [4.69, 9.17) is 0 Å². The van der Waals surface area contributed by atoms with Gasteiger partial charge in [0.2, 0.25) is 0 Å². The first kappa shape index (κ1) is 13.1. The Morgan fingerprint density at radius 2 is 1.81 bits per heavy atom. The lowest BCUT2D eigenvalue weighted by atomic mass is 9.91. The smallest absolute Gasteiger partial charge is 0.129 e. The van der Waals surface area contributed by atoms with Crippen molar-refractivity contribution in [2.24, 2.45) is 0 Å². The largest absolute Gasteiger partial charge is 0.390 e. The Balaban J connectivity index is 2.89. The van der Waals surface area contributed by atoms with Crippen molar-refractivity contribution < 1.29 is 19.0 Å². The highest BCUT2D eigenvalue weighted by atomic mass is 19.1. The van der Waals surface area contributed by atoms with E-state index in [9.17, 15) is 19.0 Å². The molecule has 2 unspecified atom stereocenters. The minimum Gasteiger partial charge on any atom is -0.390 e. The molecule has 0 bridgehead atoms. The molecule has 0 fully saturated rings. The number of hydrogen-bond donors (Lipinski definition) is 2. The summed E-state index contributed by atoms with van der Waals surface area (Å²) in [4.78, 5) is 0. The third kappa shape index (κ3) is 2.77. The summed E-state index contributed by atoms with van der Waals surface area (Å²) in [5, 5.41) is 19.4. The molecule has 1 aromatic carbocycles. The molecule has 0 spiro atoms. The maximum absolute atomic E-state index is 13.3. The number of aliphatic hydroxyl groups is 2. The lowest BCUT2D eigenvalue weighted by molar-refractivity contribution is -0.0635. The van der Waals surface area contributed by atoms with Gasteiger partial charge in [0.15, 0.2) is 0 Å². The van der Waals surface area contributed by atoms with E-state index >= 15 is 0 Å². The third-order valence-corrected chi connectivity index (χ3v) is 2.89. The second kappa shape index (κ2) is 4.89. The van der Waals surface area contributed by atoms with Crippen molar-refractivity contribution in [3.63, 3.8) is 0 Å². The highest BCUT2D eigenvalue weighted by Crippen LogP contribution is 2.21. The predicted molar refractivity (Wildman–Crippen MR) is 57.0 cm³/mol. The van der Waals surface area contributed by atoms with Gasteiger partial charge in [0.25, 0.3) is 0 Å². The molecule has 2 N–H and O–H groups in total. The Hall–Kier alpha value is -1.00. The number of halogens is 2. The van der Waals surface area contributed by atoms with Crippen LogP contribution < -0.4 is 0 Å². The van der Waals surface area contributed by atoms with Crippen LogP contribution in [0, 0.1) is 11.6 Å². The van der Waals surface area contributed by atoms with Crippen LogP contribution in [0.2, 0.25) is 0 Å². The van der Waals surface area contributed by atoms with Crippen molar-refractivity contribution in [2.75, 3.05) is 0 Å². The standard InChI is InChI=1S/C12H16F2O2/c1-3-12(2,16)11(15)7-8-9(13)5-4-6-10(8)14/h4-6,11,15-16H,3,7H2,1-2H3. The van der Waals surface area contributed by atoms with Crippen LogP contribution in [0.15, 0.2) is 18.2 Å². The number of aliphatic hydroxyl groups excluding tert-OH is 1. The molecule has 2 nitrogen and oxygen atoms in total. The van der Waals surface area contributed by atoms with E-state index in [0.29, 0.717) is 6.42 Å². The topological polar surface area (TPSA) is 40.5 Å². The lowest BCUT2D eigenvalue weighted by Crippen LogP contribution is -2.40. The average molecular weight is 230 g/mol. The molecule has 4 heteroatoms. The average Bonchev–Trinajstić information content (AvgIpc) is 2.23. The van der Waals surface area contributed by atoms with Gasteiger partial charge in [0.1, 0.15) is 11.6 Å². The Morgan fingerprint density at radius 1 is 1.31 bits per heavy atom. The fraction of sp³-hybridized carbons (Fsp3) is 0.500. The van der Waals surface area contributed by atoms with Gasteiger partial charge in [-0.2, -0.15) is 0 Å². The van der Waals surface area contributed by atoms with Crippen molar-refractivity contribution in [3.8, 4) is 0 Å². The van der Waals surface area contributed by atoms with Gasteiger partial charge in [-0.3, -0.25) is 0 Å². The van der Waals surface area contributed by atoms with E-state index in [1.165, 1.54) is 13.0 Å². The summed E-state index contributed by atoms with van der Waals surface area (Å²) in [5.41, 5.74) is -1.53. The molecular formula is C12H16F2O2. The predicted octanol–water partition coefficient (Wildman–Crippen LogP) is 2.03. The molecule has 0 saturated heterocycles. The van der Waals surface area contributed by atoms with Crippen LogP contribution in [-0.2, 0) is 6.42 Å². The number of hydrogen-bond acceptors (Lipinski definition) is 2. The summed E-state index contributed by atoms with van der Waals surface area (Å²) in [6, 6.07) is 3.52. The first-order chi connectivity index (χ1) is 7.38. The van der Waals surface area contributed by atoms with Crippen LogP contribution in [-0.4, -0.2) is 21.9 Å². The number of rotatable bonds is 4. The van der Waals surface area contributed by atoms with Gasteiger partial charge in [0.05, 0.1) is 11.7 Å². The number of benzene rings is 1. The molecule has 0 heterocycles. The molecule has 16 heavy (non-hydrogen) atoms. The third-order valence-electron chi connectivity index (χ3n) is 2.89. The van der Waals surface area contributed by atoms with Gasteiger partial charge in [-0.25, -0.2) is 8.78 Å². The molecule has 0 aliphatic heterocycles. The zero-order valence-corrected chi connectivity index (χ0v) is 9.37. The van der Waals surface area contributed by atoms with E-state index in [2.05, 4.69) is 0 Å². The summed E-state index contributed by atoms with van der Waals surface area (Å²) in [5.74, 6) is -1.41. The Bertz CT molecular complexity index is 344. The van der Waals surface area contributed by atoms with Crippen molar-refractivity contribution in [1.82, 2.24) is 0 Å². The van der Waals surface area contributed by atoms with Crippen molar-refractivity contribution in [3.05, 3.63) is 35.4 Å². The molecule has 90 valence electrons. The van der Waals surface area contributed by atoms with Crippen LogP contribution >= 0.6 is 0 Å². The SMILES string of the molecule is CCC(C)(O)C(O)Cc1c(F)cccc1F. The summed E-state index contributed by atoms with van der Waals surface area (Å²) in [6.45, 7) is 3.14. The first-order valence-electron chi connectivity index (χ1n) is 5.21. The molecule has 0 radical (unpaired) electrons. The highest BCUT2D eigenvalue weighted by molar-refractivity contribution is 5.21. The molecule has 0 amide bonds. The van der Waals surface area contributed by atoms with Crippen molar-refractivity contribution >= 4 is 0 Å². The molecule has 1 rings (SSSR count). The molecule has 0 aromatic heterocycles. The van der Waals surface area contributed by atoms with Crippen LogP contribution in [0.4, 0.5) is 8.78 Å². The highest BCUT2D eigenvalue weighted by Gasteiger charge is 2.29. The lowest BCUT2D eigenvalue weighted by Gasteiger charge is -2.27. The van der Waals surface area contributed by atoms with E-state index in [1.54, 1.807) is 6.92 Å². The zero-order valence-electron chi connectivity index (χ0n) is 9.37. The normalized spacial score (nSPS) is 16.9. The van der Waals surface area contributed by atoms with Crippen LogP contribution in [0.5, 0.6) is 0 Å². The molecular weight excluding hydrogens is 214 g/mol.